The van der Waals surface area contributed by atoms with E-state index >= 15 is 0 Å². The van der Waals surface area contributed by atoms with Crippen LogP contribution in [-0.4, -0.2) is 16.9 Å². The number of furan rings is 1. The fourth-order valence-corrected chi connectivity index (χ4v) is 2.03. The largest absolute Gasteiger partial charge is 0.459 e. The second-order valence-corrected chi connectivity index (χ2v) is 5.17. The van der Waals surface area contributed by atoms with E-state index in [0.717, 1.165) is 6.42 Å². The van der Waals surface area contributed by atoms with E-state index in [1.807, 2.05) is 6.92 Å². The molecule has 7 heteroatoms. The van der Waals surface area contributed by atoms with Crippen LogP contribution in [0.25, 0.3) is 0 Å². The van der Waals surface area contributed by atoms with Crippen molar-refractivity contribution in [1.29, 1.82) is 0 Å². The first kappa shape index (κ1) is 16.7. The first-order chi connectivity index (χ1) is 11.1. The SMILES string of the molecule is CCCC(=O)Nc1ccc(NC(=S)NC(=O)c2ccco2)cc1. The van der Waals surface area contributed by atoms with Crippen molar-refractivity contribution < 1.29 is 14.0 Å². The molecule has 3 N–H and O–H groups in total. The van der Waals surface area contributed by atoms with Gasteiger partial charge in [-0.1, -0.05) is 6.92 Å². The summed E-state index contributed by atoms with van der Waals surface area (Å²) in [6.45, 7) is 1.95. The molecular formula is C16H17N3O3S. The van der Waals surface area contributed by atoms with Gasteiger partial charge in [-0.15, -0.1) is 0 Å². The number of hydrogen-bond acceptors (Lipinski definition) is 4. The van der Waals surface area contributed by atoms with Gasteiger partial charge in [0.05, 0.1) is 6.26 Å². The Morgan fingerprint density at radius 2 is 1.74 bits per heavy atom. The lowest BCUT2D eigenvalue weighted by molar-refractivity contribution is -0.116. The van der Waals surface area contributed by atoms with E-state index in [9.17, 15) is 9.59 Å². The van der Waals surface area contributed by atoms with E-state index in [2.05, 4.69) is 16.0 Å². The first-order valence-electron chi connectivity index (χ1n) is 7.14. The third-order valence-electron chi connectivity index (χ3n) is 2.88. The molecule has 6 nitrogen and oxygen atoms in total. The Labute approximate surface area is 139 Å². The molecule has 0 aliphatic rings. The molecule has 0 aliphatic carbocycles. The van der Waals surface area contributed by atoms with Crippen molar-refractivity contribution in [3.63, 3.8) is 0 Å². The van der Waals surface area contributed by atoms with Crippen molar-refractivity contribution in [3.05, 3.63) is 48.4 Å². The van der Waals surface area contributed by atoms with Gasteiger partial charge in [0.1, 0.15) is 0 Å². The maximum absolute atomic E-state index is 11.8. The Kier molecular flexibility index (Phi) is 5.87. The molecule has 0 saturated carbocycles. The van der Waals surface area contributed by atoms with Gasteiger partial charge in [0.2, 0.25) is 5.91 Å². The molecule has 2 aromatic rings. The zero-order valence-electron chi connectivity index (χ0n) is 12.6. The minimum Gasteiger partial charge on any atom is -0.459 e. The summed E-state index contributed by atoms with van der Waals surface area (Å²) in [6, 6.07) is 10.2. The van der Waals surface area contributed by atoms with E-state index in [1.54, 1.807) is 36.4 Å². The zero-order valence-corrected chi connectivity index (χ0v) is 13.4. The predicted octanol–water partition coefficient (Wildman–Crippen LogP) is 3.15. The molecule has 1 aromatic heterocycles. The molecule has 0 aliphatic heterocycles. The van der Waals surface area contributed by atoms with Crippen LogP contribution >= 0.6 is 12.2 Å². The highest BCUT2D eigenvalue weighted by Crippen LogP contribution is 2.14. The fraction of sp³-hybridized carbons (Fsp3) is 0.188. The molecule has 1 aromatic carbocycles. The predicted molar refractivity (Wildman–Crippen MR) is 92.4 cm³/mol. The fourth-order valence-electron chi connectivity index (χ4n) is 1.82. The summed E-state index contributed by atoms with van der Waals surface area (Å²) in [4.78, 5) is 23.3. The van der Waals surface area contributed by atoms with Gasteiger partial charge < -0.3 is 15.1 Å². The number of anilines is 2. The standard InChI is InChI=1S/C16H17N3O3S/c1-2-4-14(20)17-11-6-8-12(9-7-11)18-16(23)19-15(21)13-5-3-10-22-13/h3,5-10H,2,4H2,1H3,(H,17,20)(H2,18,19,21,23). The zero-order chi connectivity index (χ0) is 16.7. The summed E-state index contributed by atoms with van der Waals surface area (Å²) >= 11 is 5.07. The highest BCUT2D eigenvalue weighted by molar-refractivity contribution is 7.80. The monoisotopic (exact) mass is 331 g/mol. The van der Waals surface area contributed by atoms with Crippen molar-refractivity contribution in [2.45, 2.75) is 19.8 Å². The van der Waals surface area contributed by atoms with Crippen LogP contribution in [0.15, 0.2) is 47.1 Å². The Morgan fingerprint density at radius 1 is 1.09 bits per heavy atom. The second kappa shape index (κ2) is 8.09. The van der Waals surface area contributed by atoms with Crippen LogP contribution < -0.4 is 16.0 Å². The van der Waals surface area contributed by atoms with Crippen LogP contribution in [0.2, 0.25) is 0 Å². The third-order valence-corrected chi connectivity index (χ3v) is 3.08. The molecule has 0 fully saturated rings. The van der Waals surface area contributed by atoms with E-state index in [4.69, 9.17) is 16.6 Å². The summed E-state index contributed by atoms with van der Waals surface area (Å²) in [5, 5.41) is 8.35. The second-order valence-electron chi connectivity index (χ2n) is 4.76. The third kappa shape index (κ3) is 5.23. The molecular weight excluding hydrogens is 314 g/mol. The quantitative estimate of drug-likeness (QED) is 0.733. The number of thiocarbonyl (C=S) groups is 1. The highest BCUT2D eigenvalue weighted by atomic mass is 32.1. The van der Waals surface area contributed by atoms with Crippen molar-refractivity contribution >= 4 is 40.5 Å². The average molecular weight is 331 g/mol. The molecule has 23 heavy (non-hydrogen) atoms. The van der Waals surface area contributed by atoms with E-state index in [-0.39, 0.29) is 16.8 Å². The summed E-state index contributed by atoms with van der Waals surface area (Å²) in [6.07, 6.45) is 2.70. The average Bonchev–Trinajstić information content (AvgIpc) is 3.04. The number of hydrogen-bond donors (Lipinski definition) is 3. The number of amides is 2. The maximum Gasteiger partial charge on any atom is 0.293 e. The van der Waals surface area contributed by atoms with Crippen LogP contribution in [0.1, 0.15) is 30.3 Å². The molecule has 0 radical (unpaired) electrons. The number of nitrogens with one attached hydrogen (secondary N) is 3. The number of carbonyl (C=O) groups excluding carboxylic acids is 2. The van der Waals surface area contributed by atoms with Crippen LogP contribution in [0.4, 0.5) is 11.4 Å². The molecule has 2 rings (SSSR count). The van der Waals surface area contributed by atoms with Gasteiger partial charge in [-0.3, -0.25) is 14.9 Å². The van der Waals surface area contributed by atoms with Gasteiger partial charge in [0.15, 0.2) is 10.9 Å². The van der Waals surface area contributed by atoms with Crippen LogP contribution in [-0.2, 0) is 4.79 Å². The molecule has 1 heterocycles. The molecule has 0 spiro atoms. The number of carbonyl (C=O) groups is 2. The van der Waals surface area contributed by atoms with Crippen LogP contribution in [0.5, 0.6) is 0 Å². The molecule has 0 saturated heterocycles. The highest BCUT2D eigenvalue weighted by Gasteiger charge is 2.10. The van der Waals surface area contributed by atoms with Crippen LogP contribution in [0, 0.1) is 0 Å². The van der Waals surface area contributed by atoms with Gasteiger partial charge in [-0.2, -0.15) is 0 Å². The molecule has 0 atom stereocenters. The molecule has 120 valence electrons. The van der Waals surface area contributed by atoms with Crippen molar-refractivity contribution in [2.75, 3.05) is 10.6 Å². The summed E-state index contributed by atoms with van der Waals surface area (Å²) in [7, 11) is 0. The first-order valence-corrected chi connectivity index (χ1v) is 7.55. The lowest BCUT2D eigenvalue weighted by Gasteiger charge is -2.10. The lowest BCUT2D eigenvalue weighted by atomic mass is 10.2. The van der Waals surface area contributed by atoms with Gasteiger partial charge in [-0.25, -0.2) is 0 Å². The summed E-state index contributed by atoms with van der Waals surface area (Å²) < 4.78 is 4.98. The minimum absolute atomic E-state index is 0.0190. The lowest BCUT2D eigenvalue weighted by Crippen LogP contribution is -2.33. The van der Waals surface area contributed by atoms with Gasteiger partial charge in [-0.05, 0) is 55.0 Å². The van der Waals surface area contributed by atoms with Crippen molar-refractivity contribution in [1.82, 2.24) is 5.32 Å². The molecule has 0 bridgehead atoms. The summed E-state index contributed by atoms with van der Waals surface area (Å²) in [5.41, 5.74) is 1.41. The van der Waals surface area contributed by atoms with E-state index in [0.29, 0.717) is 17.8 Å². The Bertz CT molecular complexity index is 681. The Balaban J connectivity index is 1.86. The van der Waals surface area contributed by atoms with Crippen molar-refractivity contribution in [2.24, 2.45) is 0 Å². The van der Waals surface area contributed by atoms with Gasteiger partial charge >= 0.3 is 0 Å². The minimum atomic E-state index is -0.420. The van der Waals surface area contributed by atoms with Gasteiger partial charge in [0, 0.05) is 17.8 Å². The smallest absolute Gasteiger partial charge is 0.293 e. The Hall–Kier alpha value is -2.67. The summed E-state index contributed by atoms with van der Waals surface area (Å²) in [5.74, 6) is -0.256. The topological polar surface area (TPSA) is 83.4 Å². The Morgan fingerprint density at radius 3 is 2.30 bits per heavy atom. The molecule has 2 amide bonds. The van der Waals surface area contributed by atoms with Gasteiger partial charge in [0.25, 0.3) is 5.91 Å². The van der Waals surface area contributed by atoms with E-state index < -0.39 is 5.91 Å². The van der Waals surface area contributed by atoms with Crippen LogP contribution in [0.3, 0.4) is 0 Å². The van der Waals surface area contributed by atoms with E-state index in [1.165, 1.54) is 6.26 Å². The number of benzene rings is 1. The van der Waals surface area contributed by atoms with Crippen molar-refractivity contribution in [3.8, 4) is 0 Å². The molecule has 0 unspecified atom stereocenters. The maximum atomic E-state index is 11.8. The number of rotatable bonds is 5. The normalized spacial score (nSPS) is 9.96.